The average molecular weight is 221 g/mol. The number of carbonyl (C=O) groups is 1. The van der Waals surface area contributed by atoms with Gasteiger partial charge in [-0.25, -0.2) is 9.78 Å². The van der Waals surface area contributed by atoms with Gasteiger partial charge < -0.3 is 4.74 Å². The highest BCUT2D eigenvalue weighted by Gasteiger charge is 2.11. The van der Waals surface area contributed by atoms with Crippen LogP contribution in [0.4, 0.5) is 0 Å². The van der Waals surface area contributed by atoms with Crippen LogP contribution in [0.3, 0.4) is 0 Å². The van der Waals surface area contributed by atoms with Crippen LogP contribution in [0.25, 0.3) is 10.6 Å². The number of nitrogens with zero attached hydrogens (tertiary/aromatic N) is 3. The molecule has 2 aromatic rings. The molecule has 76 valence electrons. The van der Waals surface area contributed by atoms with Gasteiger partial charge in [0.25, 0.3) is 0 Å². The highest BCUT2D eigenvalue weighted by atomic mass is 32.1. The number of carbonyl (C=O) groups excluding carboxylic acids is 1. The number of aromatic nitrogens is 3. The maximum atomic E-state index is 11.2. The van der Waals surface area contributed by atoms with Crippen molar-refractivity contribution in [2.75, 3.05) is 7.11 Å². The van der Waals surface area contributed by atoms with E-state index in [0.717, 1.165) is 10.6 Å². The first-order valence-electron chi connectivity index (χ1n) is 4.12. The first kappa shape index (κ1) is 9.72. The van der Waals surface area contributed by atoms with Gasteiger partial charge in [-0.2, -0.15) is 10.2 Å². The maximum Gasteiger partial charge on any atom is 0.357 e. The lowest BCUT2D eigenvalue weighted by atomic mass is 10.3. The Balaban J connectivity index is 2.32. The summed E-state index contributed by atoms with van der Waals surface area (Å²) in [7, 11) is 1.33. The molecule has 15 heavy (non-hydrogen) atoms. The third-order valence-electron chi connectivity index (χ3n) is 1.73. The molecule has 0 saturated carbocycles. The molecule has 2 heterocycles. The molecule has 2 rings (SSSR count). The van der Waals surface area contributed by atoms with Crippen LogP contribution in [0.1, 0.15) is 10.5 Å². The maximum absolute atomic E-state index is 11.2. The van der Waals surface area contributed by atoms with E-state index in [0.29, 0.717) is 5.69 Å². The van der Waals surface area contributed by atoms with Crippen molar-refractivity contribution in [1.29, 1.82) is 0 Å². The van der Waals surface area contributed by atoms with E-state index in [1.165, 1.54) is 18.4 Å². The van der Waals surface area contributed by atoms with Crippen molar-refractivity contribution in [2.24, 2.45) is 0 Å². The van der Waals surface area contributed by atoms with Crippen molar-refractivity contribution < 1.29 is 9.53 Å². The Morgan fingerprint density at radius 2 is 2.33 bits per heavy atom. The molecular formula is C9H7N3O2S. The summed E-state index contributed by atoms with van der Waals surface area (Å²) in [6.45, 7) is 0. The Morgan fingerprint density at radius 3 is 3.00 bits per heavy atom. The lowest BCUT2D eigenvalue weighted by Crippen LogP contribution is -2.00. The molecule has 5 nitrogen and oxygen atoms in total. The van der Waals surface area contributed by atoms with Gasteiger partial charge >= 0.3 is 5.97 Å². The molecule has 0 bridgehead atoms. The molecule has 0 aromatic carbocycles. The molecule has 6 heteroatoms. The lowest BCUT2D eigenvalue weighted by molar-refractivity contribution is 0.0595. The van der Waals surface area contributed by atoms with Crippen molar-refractivity contribution in [2.45, 2.75) is 0 Å². The number of methoxy groups -OCH3 is 1. The Hall–Kier alpha value is -1.82. The quantitative estimate of drug-likeness (QED) is 0.717. The highest BCUT2D eigenvalue weighted by molar-refractivity contribution is 7.13. The van der Waals surface area contributed by atoms with E-state index in [1.807, 2.05) is 0 Å². The second-order valence-corrected chi connectivity index (χ2v) is 3.52. The SMILES string of the molecule is COC(=O)c1csc(-c2ccnnc2)n1. The van der Waals surface area contributed by atoms with Crippen LogP contribution in [0, 0.1) is 0 Å². The fraction of sp³-hybridized carbons (Fsp3) is 0.111. The molecule has 2 aromatic heterocycles. The highest BCUT2D eigenvalue weighted by Crippen LogP contribution is 2.22. The van der Waals surface area contributed by atoms with Crippen molar-refractivity contribution in [3.63, 3.8) is 0 Å². The van der Waals surface area contributed by atoms with E-state index < -0.39 is 5.97 Å². The summed E-state index contributed by atoms with van der Waals surface area (Å²) < 4.78 is 4.56. The molecule has 0 fully saturated rings. The van der Waals surface area contributed by atoms with Gasteiger partial charge in [0.2, 0.25) is 0 Å². The molecule has 0 aliphatic rings. The summed E-state index contributed by atoms with van der Waals surface area (Å²) in [5, 5.41) is 9.78. The van der Waals surface area contributed by atoms with Crippen LogP contribution >= 0.6 is 11.3 Å². The first-order chi connectivity index (χ1) is 7.31. The third kappa shape index (κ3) is 1.99. The predicted molar refractivity (Wildman–Crippen MR) is 54.5 cm³/mol. The zero-order valence-electron chi connectivity index (χ0n) is 7.88. The fourth-order valence-electron chi connectivity index (χ4n) is 1.02. The summed E-state index contributed by atoms with van der Waals surface area (Å²) >= 11 is 1.37. The van der Waals surface area contributed by atoms with E-state index in [-0.39, 0.29) is 0 Å². The molecular weight excluding hydrogens is 214 g/mol. The molecule has 0 N–H and O–H groups in total. The van der Waals surface area contributed by atoms with Gasteiger partial charge in [-0.1, -0.05) is 0 Å². The Labute approximate surface area is 89.8 Å². The Bertz CT molecular complexity index is 469. The Morgan fingerprint density at radius 1 is 1.47 bits per heavy atom. The number of hydrogen-bond donors (Lipinski definition) is 0. The second kappa shape index (κ2) is 4.14. The number of thiazole rings is 1. The molecule has 0 saturated heterocycles. The van der Waals surface area contributed by atoms with Gasteiger partial charge in [0, 0.05) is 10.9 Å². The van der Waals surface area contributed by atoms with Gasteiger partial charge in [-0.3, -0.25) is 0 Å². The lowest BCUT2D eigenvalue weighted by Gasteiger charge is -1.93. The molecule has 0 unspecified atom stereocenters. The van der Waals surface area contributed by atoms with E-state index in [9.17, 15) is 4.79 Å². The smallest absolute Gasteiger partial charge is 0.357 e. The van der Waals surface area contributed by atoms with Gasteiger partial charge in [0.1, 0.15) is 5.01 Å². The number of esters is 1. The van der Waals surface area contributed by atoms with Gasteiger partial charge in [-0.05, 0) is 6.07 Å². The van der Waals surface area contributed by atoms with Crippen LogP contribution in [-0.2, 0) is 4.74 Å². The number of hydrogen-bond acceptors (Lipinski definition) is 6. The van der Waals surface area contributed by atoms with Gasteiger partial charge in [0.15, 0.2) is 5.69 Å². The zero-order valence-corrected chi connectivity index (χ0v) is 8.69. The second-order valence-electron chi connectivity index (χ2n) is 2.66. The number of ether oxygens (including phenoxy) is 1. The fourth-order valence-corrected chi connectivity index (χ4v) is 1.80. The van der Waals surface area contributed by atoms with E-state index >= 15 is 0 Å². The topological polar surface area (TPSA) is 65.0 Å². The minimum absolute atomic E-state index is 0.314. The standard InChI is InChI=1S/C9H7N3O2S/c1-14-9(13)7-5-15-8(12-7)6-2-3-10-11-4-6/h2-5H,1H3. The van der Waals surface area contributed by atoms with Crippen LogP contribution in [0.15, 0.2) is 23.8 Å². The minimum Gasteiger partial charge on any atom is -0.464 e. The summed E-state index contributed by atoms with van der Waals surface area (Å²) in [6.07, 6.45) is 3.18. The largest absolute Gasteiger partial charge is 0.464 e. The van der Waals surface area contributed by atoms with E-state index in [4.69, 9.17) is 0 Å². The van der Waals surface area contributed by atoms with Crippen LogP contribution in [0.5, 0.6) is 0 Å². The predicted octanol–water partition coefficient (Wildman–Crippen LogP) is 1.39. The van der Waals surface area contributed by atoms with Crippen LogP contribution < -0.4 is 0 Å². The van der Waals surface area contributed by atoms with Crippen LogP contribution in [0.2, 0.25) is 0 Å². The van der Waals surface area contributed by atoms with E-state index in [2.05, 4.69) is 19.9 Å². The van der Waals surface area contributed by atoms with Crippen molar-refractivity contribution >= 4 is 17.3 Å². The average Bonchev–Trinajstić information content (AvgIpc) is 2.78. The molecule has 0 amide bonds. The minimum atomic E-state index is -0.431. The summed E-state index contributed by atoms with van der Waals surface area (Å²) in [5.74, 6) is -0.431. The summed E-state index contributed by atoms with van der Waals surface area (Å²) in [5.41, 5.74) is 1.15. The van der Waals surface area contributed by atoms with Crippen molar-refractivity contribution in [3.8, 4) is 10.6 Å². The molecule has 0 atom stereocenters. The molecule has 0 spiro atoms. The first-order valence-corrected chi connectivity index (χ1v) is 5.00. The normalized spacial score (nSPS) is 9.93. The molecule has 0 radical (unpaired) electrons. The van der Waals surface area contributed by atoms with E-state index in [1.54, 1.807) is 23.8 Å². The van der Waals surface area contributed by atoms with Gasteiger partial charge in [0.05, 0.1) is 19.5 Å². The molecule has 0 aliphatic carbocycles. The van der Waals surface area contributed by atoms with Crippen molar-refractivity contribution in [1.82, 2.24) is 15.2 Å². The van der Waals surface area contributed by atoms with Gasteiger partial charge in [-0.15, -0.1) is 11.3 Å². The monoisotopic (exact) mass is 221 g/mol. The van der Waals surface area contributed by atoms with Crippen LogP contribution in [-0.4, -0.2) is 28.3 Å². The third-order valence-corrected chi connectivity index (χ3v) is 2.62. The van der Waals surface area contributed by atoms with Crippen molar-refractivity contribution in [3.05, 3.63) is 29.5 Å². The Kier molecular flexibility index (Phi) is 2.68. The summed E-state index contributed by atoms with van der Waals surface area (Å²) in [4.78, 5) is 15.3. The summed E-state index contributed by atoms with van der Waals surface area (Å²) in [6, 6.07) is 1.78. The molecule has 0 aliphatic heterocycles. The zero-order chi connectivity index (χ0) is 10.7. The number of rotatable bonds is 2.